The number of aliphatic hydroxyl groups excluding tert-OH is 1. The Morgan fingerprint density at radius 1 is 1.33 bits per heavy atom. The van der Waals surface area contributed by atoms with E-state index in [4.69, 9.17) is 10.2 Å². The predicted molar refractivity (Wildman–Crippen MR) is 68.3 cm³/mol. The highest BCUT2D eigenvalue weighted by atomic mass is 16.4. The van der Waals surface area contributed by atoms with Gasteiger partial charge in [0.25, 0.3) is 0 Å². The van der Waals surface area contributed by atoms with E-state index in [9.17, 15) is 9.59 Å². The zero-order chi connectivity index (χ0) is 14.1. The molecule has 0 aliphatic carbocycles. The molecule has 0 radical (unpaired) electrons. The van der Waals surface area contributed by atoms with Crippen LogP contribution in [0.5, 0.6) is 0 Å². The molecule has 18 heavy (non-hydrogen) atoms. The Hall–Kier alpha value is -1.30. The molecule has 0 aliphatic rings. The van der Waals surface area contributed by atoms with E-state index in [1.807, 2.05) is 13.8 Å². The number of carboxylic acid groups (broad SMARTS) is 1. The van der Waals surface area contributed by atoms with Crippen LogP contribution >= 0.6 is 0 Å². The topological polar surface area (TPSA) is 89.9 Å². The fraction of sp³-hybridized carbons (Fsp3) is 0.833. The summed E-state index contributed by atoms with van der Waals surface area (Å²) >= 11 is 0. The minimum Gasteiger partial charge on any atom is -0.481 e. The van der Waals surface area contributed by atoms with Crippen molar-refractivity contribution < 1.29 is 19.8 Å². The number of urea groups is 1. The second-order valence-electron chi connectivity index (χ2n) is 4.92. The number of carbonyl (C=O) groups excluding carboxylic acids is 1. The van der Waals surface area contributed by atoms with Crippen molar-refractivity contribution in [1.29, 1.82) is 0 Å². The van der Waals surface area contributed by atoms with Gasteiger partial charge >= 0.3 is 12.0 Å². The first-order valence-corrected chi connectivity index (χ1v) is 6.18. The highest BCUT2D eigenvalue weighted by Gasteiger charge is 2.17. The molecule has 0 saturated carbocycles. The Balaban J connectivity index is 4.16. The molecular weight excluding hydrogens is 236 g/mol. The second-order valence-corrected chi connectivity index (χ2v) is 4.92. The van der Waals surface area contributed by atoms with Crippen molar-refractivity contribution in [2.45, 2.75) is 26.7 Å². The molecule has 0 aromatic rings. The van der Waals surface area contributed by atoms with E-state index in [0.717, 1.165) is 6.42 Å². The molecule has 6 heteroatoms. The Kier molecular flexibility index (Phi) is 8.11. The van der Waals surface area contributed by atoms with Crippen LogP contribution in [0.1, 0.15) is 26.7 Å². The Bertz CT molecular complexity index is 269. The van der Waals surface area contributed by atoms with E-state index in [1.54, 1.807) is 7.05 Å². The molecule has 0 bridgehead atoms. The molecule has 0 heterocycles. The van der Waals surface area contributed by atoms with Gasteiger partial charge in [0.05, 0.1) is 6.61 Å². The number of nitrogens with one attached hydrogen (secondary N) is 1. The lowest BCUT2D eigenvalue weighted by Crippen LogP contribution is -2.41. The zero-order valence-corrected chi connectivity index (χ0v) is 11.3. The van der Waals surface area contributed by atoms with Gasteiger partial charge in [0, 0.05) is 26.6 Å². The van der Waals surface area contributed by atoms with E-state index in [0.29, 0.717) is 12.5 Å². The molecule has 0 aromatic carbocycles. The standard InChI is InChI=1S/C12H24N2O4/c1-9(2)6-10(7-11(16)17)8-13-12(18)14(3)4-5-15/h9-10,15H,4-8H2,1-3H3,(H,13,18)(H,16,17). The van der Waals surface area contributed by atoms with Crippen molar-refractivity contribution in [3.05, 3.63) is 0 Å². The quantitative estimate of drug-likeness (QED) is 0.601. The van der Waals surface area contributed by atoms with E-state index >= 15 is 0 Å². The molecule has 0 aliphatic heterocycles. The highest BCUT2D eigenvalue weighted by molar-refractivity contribution is 5.74. The Labute approximate surface area is 108 Å². The zero-order valence-electron chi connectivity index (χ0n) is 11.3. The smallest absolute Gasteiger partial charge is 0.317 e. The van der Waals surface area contributed by atoms with Gasteiger partial charge in [0.2, 0.25) is 0 Å². The summed E-state index contributed by atoms with van der Waals surface area (Å²) < 4.78 is 0. The number of rotatable bonds is 8. The third kappa shape index (κ3) is 7.89. The third-order valence-electron chi connectivity index (χ3n) is 2.59. The maximum absolute atomic E-state index is 11.6. The van der Waals surface area contributed by atoms with Crippen molar-refractivity contribution in [2.75, 3.05) is 26.7 Å². The molecule has 1 atom stereocenters. The summed E-state index contributed by atoms with van der Waals surface area (Å²) in [4.78, 5) is 23.6. The summed E-state index contributed by atoms with van der Waals surface area (Å²) in [6.07, 6.45) is 0.818. The number of hydrogen-bond acceptors (Lipinski definition) is 3. The molecule has 0 rings (SSSR count). The maximum atomic E-state index is 11.6. The van der Waals surface area contributed by atoms with Gasteiger partial charge in [-0.15, -0.1) is 0 Å². The summed E-state index contributed by atoms with van der Waals surface area (Å²) in [5.74, 6) is -0.519. The number of carbonyl (C=O) groups is 2. The Morgan fingerprint density at radius 3 is 2.39 bits per heavy atom. The SMILES string of the molecule is CC(C)CC(CNC(=O)N(C)CCO)CC(=O)O. The number of aliphatic carboxylic acids is 1. The molecule has 106 valence electrons. The number of amides is 2. The van der Waals surface area contributed by atoms with Crippen LogP contribution < -0.4 is 5.32 Å². The van der Waals surface area contributed by atoms with Gasteiger partial charge < -0.3 is 20.4 Å². The molecule has 1 unspecified atom stereocenters. The van der Waals surface area contributed by atoms with Gasteiger partial charge in [0.1, 0.15) is 0 Å². The summed E-state index contributed by atoms with van der Waals surface area (Å²) in [7, 11) is 1.58. The fourth-order valence-corrected chi connectivity index (χ4v) is 1.77. The molecule has 6 nitrogen and oxygen atoms in total. The van der Waals surface area contributed by atoms with Gasteiger partial charge in [0.15, 0.2) is 0 Å². The van der Waals surface area contributed by atoms with Crippen LogP contribution in [-0.2, 0) is 4.79 Å². The van der Waals surface area contributed by atoms with Crippen molar-refractivity contribution in [1.82, 2.24) is 10.2 Å². The van der Waals surface area contributed by atoms with Crippen molar-refractivity contribution in [2.24, 2.45) is 11.8 Å². The van der Waals surface area contributed by atoms with Crippen LogP contribution in [0.3, 0.4) is 0 Å². The number of aliphatic hydroxyl groups is 1. The molecule has 3 N–H and O–H groups in total. The largest absolute Gasteiger partial charge is 0.481 e. The van der Waals surface area contributed by atoms with Crippen molar-refractivity contribution >= 4 is 12.0 Å². The first-order valence-electron chi connectivity index (χ1n) is 6.18. The van der Waals surface area contributed by atoms with Crippen LogP contribution in [0.2, 0.25) is 0 Å². The van der Waals surface area contributed by atoms with Gasteiger partial charge in [-0.2, -0.15) is 0 Å². The van der Waals surface area contributed by atoms with E-state index in [2.05, 4.69) is 5.32 Å². The predicted octanol–water partition coefficient (Wildman–Crippen LogP) is 0.757. The minimum absolute atomic E-state index is 0.0577. The van der Waals surface area contributed by atoms with Crippen LogP contribution in [0.25, 0.3) is 0 Å². The maximum Gasteiger partial charge on any atom is 0.317 e. The summed E-state index contributed by atoms with van der Waals surface area (Å²) in [5, 5.41) is 20.2. The lowest BCUT2D eigenvalue weighted by molar-refractivity contribution is -0.138. The molecule has 0 aromatic heterocycles. The van der Waals surface area contributed by atoms with E-state index < -0.39 is 5.97 Å². The lowest BCUT2D eigenvalue weighted by atomic mass is 9.94. The first kappa shape index (κ1) is 16.7. The van der Waals surface area contributed by atoms with Gasteiger partial charge in [-0.1, -0.05) is 13.8 Å². The number of hydrogen-bond donors (Lipinski definition) is 3. The monoisotopic (exact) mass is 260 g/mol. The number of nitrogens with zero attached hydrogens (tertiary/aromatic N) is 1. The molecule has 0 saturated heterocycles. The van der Waals surface area contributed by atoms with Crippen LogP contribution in [0.4, 0.5) is 4.79 Å². The van der Waals surface area contributed by atoms with Gasteiger partial charge in [-0.3, -0.25) is 4.79 Å². The number of carboxylic acids is 1. The van der Waals surface area contributed by atoms with Gasteiger partial charge in [-0.25, -0.2) is 4.79 Å². The second kappa shape index (κ2) is 8.74. The summed E-state index contributed by atoms with van der Waals surface area (Å²) in [6.45, 7) is 4.57. The van der Waals surface area contributed by atoms with E-state index in [-0.39, 0.29) is 31.5 Å². The van der Waals surface area contributed by atoms with Crippen LogP contribution in [0.15, 0.2) is 0 Å². The molecule has 0 fully saturated rings. The summed E-state index contributed by atoms with van der Waals surface area (Å²) in [5.41, 5.74) is 0. The van der Waals surface area contributed by atoms with Crippen molar-refractivity contribution in [3.8, 4) is 0 Å². The van der Waals surface area contributed by atoms with Crippen molar-refractivity contribution in [3.63, 3.8) is 0 Å². The lowest BCUT2D eigenvalue weighted by Gasteiger charge is -2.21. The first-order chi connectivity index (χ1) is 8.36. The molecule has 2 amide bonds. The van der Waals surface area contributed by atoms with Gasteiger partial charge in [-0.05, 0) is 18.3 Å². The summed E-state index contributed by atoms with van der Waals surface area (Å²) in [6, 6.07) is -0.289. The normalized spacial score (nSPS) is 12.3. The average Bonchev–Trinajstić information content (AvgIpc) is 2.24. The van der Waals surface area contributed by atoms with E-state index in [1.165, 1.54) is 4.90 Å². The third-order valence-corrected chi connectivity index (χ3v) is 2.59. The molecule has 0 spiro atoms. The highest BCUT2D eigenvalue weighted by Crippen LogP contribution is 2.14. The average molecular weight is 260 g/mol. The van der Waals surface area contributed by atoms with Crippen LogP contribution in [0, 0.1) is 11.8 Å². The fourth-order valence-electron chi connectivity index (χ4n) is 1.77. The van der Waals surface area contributed by atoms with Crippen LogP contribution in [-0.4, -0.2) is 53.9 Å². The Morgan fingerprint density at radius 2 is 1.94 bits per heavy atom. The molecular formula is C12H24N2O4. The minimum atomic E-state index is -0.849. The number of likely N-dealkylation sites (N-methyl/N-ethyl adjacent to an activating group) is 1.